The zero-order chi connectivity index (χ0) is 20.9. The monoisotopic (exact) mass is 384 g/mol. The zero-order valence-electron chi connectivity index (χ0n) is 17.9. The Morgan fingerprint density at radius 3 is 2.14 bits per heavy atom. The van der Waals surface area contributed by atoms with Gasteiger partial charge in [0.25, 0.3) is 0 Å². The third kappa shape index (κ3) is 5.98. The van der Waals surface area contributed by atoms with E-state index in [2.05, 4.69) is 0 Å². The normalized spacial score (nSPS) is 11.5. The molecule has 5 heteroatoms. The van der Waals surface area contributed by atoms with Gasteiger partial charge in [-0.15, -0.1) is 0 Å². The number of nitrogens with zero attached hydrogens (tertiary/aromatic N) is 2. The molecule has 2 amide bonds. The lowest BCUT2D eigenvalue weighted by atomic mass is 9.94. The number of hydrogen-bond acceptors (Lipinski definition) is 3. The number of amides is 2. The number of aryl methyl sites for hydroxylation is 1. The van der Waals surface area contributed by atoms with Crippen molar-refractivity contribution < 1.29 is 14.0 Å². The van der Waals surface area contributed by atoms with Crippen molar-refractivity contribution in [3.8, 4) is 0 Å². The third-order valence-corrected chi connectivity index (χ3v) is 4.54. The van der Waals surface area contributed by atoms with Gasteiger partial charge < -0.3 is 14.2 Å². The first kappa shape index (κ1) is 21.7. The average Bonchev–Trinajstić information content (AvgIpc) is 3.03. The maximum absolute atomic E-state index is 13.2. The van der Waals surface area contributed by atoms with Crippen LogP contribution in [0.5, 0.6) is 0 Å². The van der Waals surface area contributed by atoms with Crippen LogP contribution >= 0.6 is 0 Å². The van der Waals surface area contributed by atoms with E-state index in [-0.39, 0.29) is 24.4 Å². The molecule has 0 atom stereocenters. The van der Waals surface area contributed by atoms with E-state index in [1.54, 1.807) is 9.80 Å². The Labute approximate surface area is 168 Å². The minimum Gasteiger partial charge on any atom is -0.464 e. The fourth-order valence-corrected chi connectivity index (χ4v) is 2.96. The van der Waals surface area contributed by atoms with Crippen molar-refractivity contribution in [1.82, 2.24) is 9.80 Å². The Morgan fingerprint density at radius 2 is 1.64 bits per heavy atom. The zero-order valence-corrected chi connectivity index (χ0v) is 17.9. The molecular weight excluding hydrogens is 352 g/mol. The Hall–Kier alpha value is -2.56. The molecule has 0 N–H and O–H groups in total. The van der Waals surface area contributed by atoms with Gasteiger partial charge in [0.15, 0.2) is 0 Å². The third-order valence-electron chi connectivity index (χ3n) is 4.54. The molecule has 0 aliphatic heterocycles. The molecule has 0 bridgehead atoms. The largest absolute Gasteiger partial charge is 0.464 e. The summed E-state index contributed by atoms with van der Waals surface area (Å²) in [6.45, 7) is 12.3. The van der Waals surface area contributed by atoms with Gasteiger partial charge in [-0.25, -0.2) is 0 Å². The summed E-state index contributed by atoms with van der Waals surface area (Å²) >= 11 is 0. The number of rotatable bonds is 7. The molecule has 1 heterocycles. The molecule has 0 spiro atoms. The minimum absolute atomic E-state index is 0.0237. The van der Waals surface area contributed by atoms with Crippen molar-refractivity contribution in [3.05, 3.63) is 59.5 Å². The first-order chi connectivity index (χ1) is 13.1. The maximum atomic E-state index is 13.2. The van der Waals surface area contributed by atoms with Crippen LogP contribution in [0.3, 0.4) is 0 Å². The molecule has 0 radical (unpaired) electrons. The summed E-state index contributed by atoms with van der Waals surface area (Å²) in [7, 11) is 0. The van der Waals surface area contributed by atoms with Crippen LogP contribution in [0.25, 0.3) is 0 Å². The number of carbonyl (C=O) groups is 2. The predicted molar refractivity (Wildman–Crippen MR) is 110 cm³/mol. The van der Waals surface area contributed by atoms with Crippen LogP contribution in [-0.2, 0) is 22.7 Å². The molecule has 152 valence electrons. The SMILES string of the molecule is Cc1ccc(CN(Cc2ccccc2)C(=O)CN(C(=O)C(C)(C)C)C(C)C)o1. The number of benzene rings is 1. The highest BCUT2D eigenvalue weighted by Crippen LogP contribution is 2.20. The van der Waals surface area contributed by atoms with Crippen LogP contribution < -0.4 is 0 Å². The van der Waals surface area contributed by atoms with Crippen molar-refractivity contribution in [2.45, 2.75) is 60.7 Å². The van der Waals surface area contributed by atoms with Crippen molar-refractivity contribution >= 4 is 11.8 Å². The van der Waals surface area contributed by atoms with Gasteiger partial charge in [0.2, 0.25) is 11.8 Å². The summed E-state index contributed by atoms with van der Waals surface area (Å²) in [5.41, 5.74) is 0.504. The second-order valence-corrected chi connectivity index (χ2v) is 8.52. The van der Waals surface area contributed by atoms with E-state index in [0.717, 1.165) is 17.1 Å². The molecule has 0 aliphatic carbocycles. The van der Waals surface area contributed by atoms with E-state index in [1.165, 1.54) is 0 Å². The van der Waals surface area contributed by atoms with Crippen molar-refractivity contribution in [2.24, 2.45) is 5.41 Å². The highest BCUT2D eigenvalue weighted by Gasteiger charge is 2.31. The Bertz CT molecular complexity index is 788. The highest BCUT2D eigenvalue weighted by atomic mass is 16.3. The second kappa shape index (κ2) is 9.09. The standard InChI is InChI=1S/C23H32N2O3/c1-17(2)25(22(27)23(4,5)6)16-21(26)24(14-19-10-8-7-9-11-19)15-20-13-12-18(3)28-20/h7-13,17H,14-16H2,1-6H3. The number of hydrogen-bond donors (Lipinski definition) is 0. The highest BCUT2D eigenvalue weighted by molar-refractivity contribution is 5.87. The molecule has 1 aromatic carbocycles. The fourth-order valence-electron chi connectivity index (χ4n) is 2.96. The molecule has 2 aromatic rings. The number of furan rings is 1. The van der Waals surface area contributed by atoms with E-state index in [9.17, 15) is 9.59 Å². The average molecular weight is 385 g/mol. The summed E-state index contributed by atoms with van der Waals surface area (Å²) in [4.78, 5) is 29.4. The summed E-state index contributed by atoms with van der Waals surface area (Å²) in [6, 6.07) is 13.6. The van der Waals surface area contributed by atoms with Gasteiger partial charge in [-0.3, -0.25) is 9.59 Å². The lowest BCUT2D eigenvalue weighted by molar-refractivity contribution is -0.147. The van der Waals surface area contributed by atoms with Crippen LogP contribution in [0.1, 0.15) is 51.7 Å². The topological polar surface area (TPSA) is 53.8 Å². The number of carbonyl (C=O) groups excluding carboxylic acids is 2. The van der Waals surface area contributed by atoms with Crippen molar-refractivity contribution in [2.75, 3.05) is 6.54 Å². The van der Waals surface area contributed by atoms with Gasteiger partial charge in [0.05, 0.1) is 6.54 Å². The van der Waals surface area contributed by atoms with Crippen LogP contribution in [0.15, 0.2) is 46.9 Å². The Balaban J connectivity index is 2.22. The van der Waals surface area contributed by atoms with E-state index < -0.39 is 5.41 Å². The van der Waals surface area contributed by atoms with E-state index in [0.29, 0.717) is 13.1 Å². The summed E-state index contributed by atoms with van der Waals surface area (Å²) < 4.78 is 5.68. The molecule has 5 nitrogen and oxygen atoms in total. The summed E-state index contributed by atoms with van der Waals surface area (Å²) in [6.07, 6.45) is 0. The molecule has 2 rings (SSSR count). The minimum atomic E-state index is -0.535. The molecule has 0 saturated heterocycles. The van der Waals surface area contributed by atoms with Gasteiger partial charge >= 0.3 is 0 Å². The smallest absolute Gasteiger partial charge is 0.242 e. The van der Waals surface area contributed by atoms with Crippen LogP contribution in [0, 0.1) is 12.3 Å². The van der Waals surface area contributed by atoms with Crippen LogP contribution in [0.2, 0.25) is 0 Å². The first-order valence-corrected chi connectivity index (χ1v) is 9.76. The van der Waals surface area contributed by atoms with Gasteiger partial charge in [-0.1, -0.05) is 51.1 Å². The molecule has 0 aliphatic rings. The lowest BCUT2D eigenvalue weighted by Crippen LogP contribution is -2.49. The summed E-state index contributed by atoms with van der Waals surface area (Å²) in [5, 5.41) is 0. The van der Waals surface area contributed by atoms with E-state index in [1.807, 2.05) is 84.0 Å². The molecule has 28 heavy (non-hydrogen) atoms. The first-order valence-electron chi connectivity index (χ1n) is 9.76. The molecule has 0 fully saturated rings. The molecule has 0 saturated carbocycles. The van der Waals surface area contributed by atoms with E-state index in [4.69, 9.17) is 4.42 Å². The van der Waals surface area contributed by atoms with Crippen molar-refractivity contribution in [3.63, 3.8) is 0 Å². The van der Waals surface area contributed by atoms with Crippen LogP contribution in [0.4, 0.5) is 0 Å². The maximum Gasteiger partial charge on any atom is 0.242 e. The molecule has 1 aromatic heterocycles. The predicted octanol–water partition coefficient (Wildman–Crippen LogP) is 4.40. The molecular formula is C23H32N2O3. The van der Waals surface area contributed by atoms with Gasteiger partial charge in [0.1, 0.15) is 18.1 Å². The second-order valence-electron chi connectivity index (χ2n) is 8.52. The Kier molecular flexibility index (Phi) is 7.05. The van der Waals surface area contributed by atoms with Gasteiger partial charge in [-0.2, -0.15) is 0 Å². The quantitative estimate of drug-likeness (QED) is 0.711. The van der Waals surface area contributed by atoms with Crippen molar-refractivity contribution in [1.29, 1.82) is 0 Å². The Morgan fingerprint density at radius 1 is 1.00 bits per heavy atom. The van der Waals surface area contributed by atoms with E-state index >= 15 is 0 Å². The van der Waals surface area contributed by atoms with Crippen LogP contribution in [-0.4, -0.2) is 34.2 Å². The fraction of sp³-hybridized carbons (Fsp3) is 0.478. The van der Waals surface area contributed by atoms with Gasteiger partial charge in [0, 0.05) is 18.0 Å². The lowest BCUT2D eigenvalue weighted by Gasteiger charge is -2.34. The summed E-state index contributed by atoms with van der Waals surface area (Å²) in [5.74, 6) is 1.43. The van der Waals surface area contributed by atoms with Gasteiger partial charge in [-0.05, 0) is 38.5 Å². The molecule has 0 unspecified atom stereocenters.